The SMILES string of the molecule is O=C(C1CCN(S(=O)(=O)c2ccc(Cl)cc2)CC1)N1CCCC1Cc1cccc(F)c1. The van der Waals surface area contributed by atoms with Gasteiger partial charge in [0.15, 0.2) is 0 Å². The van der Waals surface area contributed by atoms with Crippen LogP contribution in [-0.2, 0) is 21.2 Å². The fourth-order valence-corrected chi connectivity index (χ4v) is 6.20. The monoisotopic (exact) mass is 464 g/mol. The molecule has 5 nitrogen and oxygen atoms in total. The molecule has 0 aliphatic carbocycles. The van der Waals surface area contributed by atoms with Crippen molar-refractivity contribution in [1.82, 2.24) is 9.21 Å². The second-order valence-corrected chi connectivity index (χ2v) is 10.7. The Kier molecular flexibility index (Phi) is 6.65. The van der Waals surface area contributed by atoms with Crippen molar-refractivity contribution in [2.45, 2.75) is 43.0 Å². The van der Waals surface area contributed by atoms with Gasteiger partial charge in [-0.2, -0.15) is 4.31 Å². The molecule has 8 heteroatoms. The zero-order chi connectivity index (χ0) is 22.0. The summed E-state index contributed by atoms with van der Waals surface area (Å²) >= 11 is 5.87. The summed E-state index contributed by atoms with van der Waals surface area (Å²) in [5.74, 6) is -0.338. The van der Waals surface area contributed by atoms with E-state index >= 15 is 0 Å². The maximum atomic E-state index is 13.5. The third-order valence-electron chi connectivity index (χ3n) is 6.28. The average molecular weight is 465 g/mol. The Balaban J connectivity index is 1.38. The van der Waals surface area contributed by atoms with Crippen LogP contribution < -0.4 is 0 Å². The number of hydrogen-bond acceptors (Lipinski definition) is 3. The first-order valence-electron chi connectivity index (χ1n) is 10.7. The number of hydrogen-bond donors (Lipinski definition) is 0. The Morgan fingerprint density at radius 3 is 2.42 bits per heavy atom. The lowest BCUT2D eigenvalue weighted by atomic mass is 9.95. The lowest BCUT2D eigenvalue weighted by molar-refractivity contribution is -0.137. The molecule has 0 saturated carbocycles. The van der Waals surface area contributed by atoms with E-state index in [1.807, 2.05) is 11.0 Å². The maximum absolute atomic E-state index is 13.5. The molecule has 2 aliphatic rings. The van der Waals surface area contributed by atoms with Gasteiger partial charge >= 0.3 is 0 Å². The number of rotatable bonds is 5. The van der Waals surface area contributed by atoms with E-state index in [1.54, 1.807) is 18.2 Å². The molecule has 1 amide bonds. The van der Waals surface area contributed by atoms with Crippen LogP contribution in [0.1, 0.15) is 31.2 Å². The van der Waals surface area contributed by atoms with Crippen LogP contribution in [0, 0.1) is 11.7 Å². The van der Waals surface area contributed by atoms with Crippen LogP contribution in [0.25, 0.3) is 0 Å². The second-order valence-electron chi connectivity index (χ2n) is 8.29. The summed E-state index contributed by atoms with van der Waals surface area (Å²) in [5.41, 5.74) is 0.897. The van der Waals surface area contributed by atoms with Crippen LogP contribution in [0.3, 0.4) is 0 Å². The van der Waals surface area contributed by atoms with Crippen molar-refractivity contribution >= 4 is 27.5 Å². The zero-order valence-electron chi connectivity index (χ0n) is 17.2. The van der Waals surface area contributed by atoms with Gasteiger partial charge in [-0.15, -0.1) is 0 Å². The number of amides is 1. The Bertz CT molecular complexity index is 1040. The first-order valence-corrected chi connectivity index (χ1v) is 12.5. The summed E-state index contributed by atoms with van der Waals surface area (Å²) in [6, 6.07) is 12.8. The molecule has 4 rings (SSSR count). The lowest BCUT2D eigenvalue weighted by Crippen LogP contribution is -2.46. The highest BCUT2D eigenvalue weighted by molar-refractivity contribution is 7.89. The smallest absolute Gasteiger partial charge is 0.243 e. The standard InChI is InChI=1S/C23H26ClFN2O3S/c24-19-6-8-22(9-7-19)31(29,30)26-13-10-18(11-14-26)23(28)27-12-2-5-21(27)16-17-3-1-4-20(25)15-17/h1,3-4,6-9,15,18,21H,2,5,10-14,16H2. The largest absolute Gasteiger partial charge is 0.339 e. The zero-order valence-corrected chi connectivity index (χ0v) is 18.8. The van der Waals surface area contributed by atoms with Gasteiger partial charge in [-0.1, -0.05) is 23.7 Å². The van der Waals surface area contributed by atoms with Crippen LogP contribution >= 0.6 is 11.6 Å². The number of benzene rings is 2. The number of piperidine rings is 1. The maximum Gasteiger partial charge on any atom is 0.243 e. The molecule has 2 heterocycles. The minimum atomic E-state index is -3.59. The highest BCUT2D eigenvalue weighted by Gasteiger charge is 2.37. The Morgan fingerprint density at radius 2 is 1.74 bits per heavy atom. The summed E-state index contributed by atoms with van der Waals surface area (Å²) in [6.07, 6.45) is 3.51. The van der Waals surface area contributed by atoms with Crippen molar-refractivity contribution < 1.29 is 17.6 Å². The molecule has 0 radical (unpaired) electrons. The van der Waals surface area contributed by atoms with E-state index in [4.69, 9.17) is 11.6 Å². The van der Waals surface area contributed by atoms with Gasteiger partial charge in [0.1, 0.15) is 5.82 Å². The number of carbonyl (C=O) groups is 1. The first kappa shape index (κ1) is 22.2. The Morgan fingerprint density at radius 1 is 1.03 bits per heavy atom. The van der Waals surface area contributed by atoms with Crippen molar-refractivity contribution in [3.63, 3.8) is 0 Å². The highest BCUT2D eigenvalue weighted by Crippen LogP contribution is 2.29. The number of nitrogens with zero attached hydrogens (tertiary/aromatic N) is 2. The van der Waals surface area contributed by atoms with Gasteiger partial charge in [0.05, 0.1) is 4.90 Å². The third-order valence-corrected chi connectivity index (χ3v) is 8.44. The molecule has 2 saturated heterocycles. The summed E-state index contributed by atoms with van der Waals surface area (Å²) in [7, 11) is -3.59. The van der Waals surface area contributed by atoms with Crippen molar-refractivity contribution in [3.8, 4) is 0 Å². The molecule has 0 N–H and O–H groups in total. The predicted octanol–water partition coefficient (Wildman–Crippen LogP) is 4.11. The van der Waals surface area contributed by atoms with Gasteiger partial charge in [0.25, 0.3) is 0 Å². The summed E-state index contributed by atoms with van der Waals surface area (Å²) < 4.78 is 40.7. The van der Waals surface area contributed by atoms with Gasteiger partial charge in [-0.25, -0.2) is 12.8 Å². The topological polar surface area (TPSA) is 57.7 Å². The minimum Gasteiger partial charge on any atom is -0.339 e. The van der Waals surface area contributed by atoms with Gasteiger partial charge in [-0.05, 0) is 74.1 Å². The molecule has 0 spiro atoms. The van der Waals surface area contributed by atoms with Crippen molar-refractivity contribution in [1.29, 1.82) is 0 Å². The van der Waals surface area contributed by atoms with Gasteiger partial charge < -0.3 is 4.90 Å². The van der Waals surface area contributed by atoms with Gasteiger partial charge in [-0.3, -0.25) is 4.79 Å². The third kappa shape index (κ3) is 4.94. The van der Waals surface area contributed by atoms with Crippen LogP contribution in [0.2, 0.25) is 5.02 Å². The molecule has 2 aliphatic heterocycles. The number of likely N-dealkylation sites (tertiary alicyclic amines) is 1. The molecule has 2 aromatic carbocycles. The fourth-order valence-electron chi connectivity index (χ4n) is 4.61. The molecular weight excluding hydrogens is 439 g/mol. The van der Waals surface area contributed by atoms with E-state index < -0.39 is 10.0 Å². The molecule has 166 valence electrons. The van der Waals surface area contributed by atoms with E-state index in [-0.39, 0.29) is 28.6 Å². The fraction of sp³-hybridized carbons (Fsp3) is 0.435. The molecule has 31 heavy (non-hydrogen) atoms. The average Bonchev–Trinajstić information content (AvgIpc) is 3.21. The van der Waals surface area contributed by atoms with E-state index in [0.29, 0.717) is 43.9 Å². The van der Waals surface area contributed by atoms with Crippen LogP contribution in [0.4, 0.5) is 4.39 Å². The van der Waals surface area contributed by atoms with Crippen molar-refractivity contribution in [3.05, 3.63) is 64.9 Å². The number of carbonyl (C=O) groups excluding carboxylic acids is 1. The molecule has 0 aromatic heterocycles. The molecule has 1 atom stereocenters. The summed E-state index contributed by atoms with van der Waals surface area (Å²) in [6.45, 7) is 1.36. The summed E-state index contributed by atoms with van der Waals surface area (Å²) in [5, 5.41) is 0.488. The van der Waals surface area contributed by atoms with Crippen molar-refractivity contribution in [2.24, 2.45) is 5.92 Å². The number of sulfonamides is 1. The predicted molar refractivity (Wildman–Crippen MR) is 118 cm³/mol. The number of halogens is 2. The lowest BCUT2D eigenvalue weighted by Gasteiger charge is -2.34. The van der Waals surface area contributed by atoms with E-state index in [2.05, 4.69) is 0 Å². The van der Waals surface area contributed by atoms with E-state index in [1.165, 1.54) is 28.6 Å². The highest BCUT2D eigenvalue weighted by atomic mass is 35.5. The molecular formula is C23H26ClFN2O3S. The Hall–Kier alpha value is -1.96. The van der Waals surface area contributed by atoms with E-state index in [0.717, 1.165) is 18.4 Å². The van der Waals surface area contributed by atoms with Crippen LogP contribution in [0.5, 0.6) is 0 Å². The quantitative estimate of drug-likeness (QED) is 0.669. The summed E-state index contributed by atoms with van der Waals surface area (Å²) in [4.78, 5) is 15.3. The van der Waals surface area contributed by atoms with Gasteiger partial charge in [0, 0.05) is 36.6 Å². The minimum absolute atomic E-state index is 0.0742. The molecule has 0 bridgehead atoms. The van der Waals surface area contributed by atoms with Gasteiger partial charge in [0.2, 0.25) is 15.9 Å². The molecule has 2 aromatic rings. The van der Waals surface area contributed by atoms with Crippen LogP contribution in [0.15, 0.2) is 53.4 Å². The molecule has 1 unspecified atom stereocenters. The van der Waals surface area contributed by atoms with Crippen LogP contribution in [-0.4, -0.2) is 49.2 Å². The van der Waals surface area contributed by atoms with E-state index in [9.17, 15) is 17.6 Å². The Labute approximate surface area is 187 Å². The molecule has 2 fully saturated rings. The van der Waals surface area contributed by atoms with Crippen molar-refractivity contribution in [2.75, 3.05) is 19.6 Å². The first-order chi connectivity index (χ1) is 14.8. The second kappa shape index (κ2) is 9.27. The normalized spacial score (nSPS) is 20.8.